The van der Waals surface area contributed by atoms with Crippen LogP contribution >= 0.6 is 0 Å². The topological polar surface area (TPSA) is 87.7 Å². The number of hydrogen-bond acceptors (Lipinski definition) is 4. The van der Waals surface area contributed by atoms with Crippen molar-refractivity contribution in [1.82, 2.24) is 15.5 Å². The van der Waals surface area contributed by atoms with Crippen molar-refractivity contribution in [2.24, 2.45) is 5.92 Å². The molecule has 2 rings (SSSR count). The summed E-state index contributed by atoms with van der Waals surface area (Å²) in [5.41, 5.74) is 2.31. The van der Waals surface area contributed by atoms with Gasteiger partial charge in [-0.1, -0.05) is 45.4 Å². The third-order valence-corrected chi connectivity index (χ3v) is 6.00. The maximum absolute atomic E-state index is 13.9. The Balaban J connectivity index is 2.42. The lowest BCUT2D eigenvalue weighted by Crippen LogP contribution is -2.55. The molecule has 7 heteroatoms. The first-order chi connectivity index (χ1) is 15.9. The largest absolute Gasteiger partial charge is 0.444 e. The van der Waals surface area contributed by atoms with Crippen molar-refractivity contribution >= 4 is 17.9 Å². The molecule has 0 heterocycles. The molecule has 1 aliphatic carbocycles. The molecular formula is C27H43N3O4. The number of nitrogens with zero attached hydrogens (tertiary/aromatic N) is 1. The van der Waals surface area contributed by atoms with E-state index in [1.165, 1.54) is 0 Å². The van der Waals surface area contributed by atoms with Gasteiger partial charge < -0.3 is 20.3 Å². The summed E-state index contributed by atoms with van der Waals surface area (Å²) in [6.07, 6.45) is 2.89. The molecule has 2 N–H and O–H groups in total. The van der Waals surface area contributed by atoms with Crippen molar-refractivity contribution in [2.45, 2.75) is 105 Å². The van der Waals surface area contributed by atoms with E-state index in [0.717, 1.165) is 42.4 Å². The first-order valence-corrected chi connectivity index (χ1v) is 12.5. The molecule has 34 heavy (non-hydrogen) atoms. The molecule has 190 valence electrons. The van der Waals surface area contributed by atoms with E-state index in [4.69, 9.17) is 4.74 Å². The van der Waals surface area contributed by atoms with Crippen molar-refractivity contribution < 1.29 is 19.1 Å². The molecule has 0 aromatic heterocycles. The zero-order valence-electron chi connectivity index (χ0n) is 22.2. The van der Waals surface area contributed by atoms with Crippen LogP contribution in [-0.4, -0.2) is 47.0 Å². The molecule has 0 radical (unpaired) electrons. The summed E-state index contributed by atoms with van der Waals surface area (Å²) < 4.78 is 5.41. The van der Waals surface area contributed by atoms with Crippen LogP contribution in [0.15, 0.2) is 18.2 Å². The van der Waals surface area contributed by atoms with E-state index >= 15 is 0 Å². The predicted octanol–water partition coefficient (Wildman–Crippen LogP) is 4.80. The number of amides is 3. The summed E-state index contributed by atoms with van der Waals surface area (Å²) in [5.74, 6) is -0.612. The van der Waals surface area contributed by atoms with Gasteiger partial charge in [0, 0.05) is 12.6 Å². The number of carbonyl (C=O) groups excluding carboxylic acids is 3. The molecule has 0 bridgehead atoms. The molecule has 1 aromatic rings. The molecule has 0 spiro atoms. The SMILES string of the molecule is CCCCNC(=O)C(c1ccc(C)c(C)c1)N(C(=O)C(NC(=O)OC(C)(C)C)C(C)C)C1CC1. The van der Waals surface area contributed by atoms with Crippen LogP contribution in [0.25, 0.3) is 0 Å². The van der Waals surface area contributed by atoms with Crippen LogP contribution in [0.5, 0.6) is 0 Å². The minimum absolute atomic E-state index is 0.0299. The Morgan fingerprint density at radius 2 is 1.76 bits per heavy atom. The fraction of sp³-hybridized carbons (Fsp3) is 0.667. The number of carbonyl (C=O) groups is 3. The lowest BCUT2D eigenvalue weighted by Gasteiger charge is -2.36. The van der Waals surface area contributed by atoms with E-state index in [1.807, 2.05) is 45.9 Å². The highest BCUT2D eigenvalue weighted by Gasteiger charge is 2.44. The van der Waals surface area contributed by atoms with E-state index in [2.05, 4.69) is 17.6 Å². The minimum Gasteiger partial charge on any atom is -0.444 e. The number of aryl methyl sites for hydroxylation is 2. The van der Waals surface area contributed by atoms with Gasteiger partial charge in [0.05, 0.1) is 0 Å². The van der Waals surface area contributed by atoms with Crippen molar-refractivity contribution in [2.75, 3.05) is 6.54 Å². The van der Waals surface area contributed by atoms with Crippen molar-refractivity contribution in [3.8, 4) is 0 Å². The lowest BCUT2D eigenvalue weighted by atomic mass is 9.96. The number of rotatable bonds is 10. The summed E-state index contributed by atoms with van der Waals surface area (Å²) in [6, 6.07) is 4.34. The fourth-order valence-electron chi connectivity index (χ4n) is 3.84. The van der Waals surface area contributed by atoms with Gasteiger partial charge in [0.2, 0.25) is 11.8 Å². The smallest absolute Gasteiger partial charge is 0.408 e. The van der Waals surface area contributed by atoms with Crippen LogP contribution in [0.1, 0.15) is 90.0 Å². The van der Waals surface area contributed by atoms with Crippen molar-refractivity contribution in [3.63, 3.8) is 0 Å². The minimum atomic E-state index is -0.798. The van der Waals surface area contributed by atoms with E-state index in [1.54, 1.807) is 25.7 Å². The number of alkyl carbamates (subject to hydrolysis) is 1. The normalized spacial score (nSPS) is 15.4. The Hall–Kier alpha value is -2.57. The molecule has 2 unspecified atom stereocenters. The molecule has 7 nitrogen and oxygen atoms in total. The van der Waals surface area contributed by atoms with Gasteiger partial charge in [-0.25, -0.2) is 4.79 Å². The third-order valence-electron chi connectivity index (χ3n) is 6.00. The predicted molar refractivity (Wildman–Crippen MR) is 134 cm³/mol. The average Bonchev–Trinajstić information content (AvgIpc) is 3.55. The van der Waals surface area contributed by atoms with Gasteiger partial charge in [-0.15, -0.1) is 0 Å². The molecule has 1 saturated carbocycles. The molecular weight excluding hydrogens is 430 g/mol. The summed E-state index contributed by atoms with van der Waals surface area (Å²) in [4.78, 5) is 41.7. The Labute approximate surface area is 205 Å². The average molecular weight is 474 g/mol. The van der Waals surface area contributed by atoms with Gasteiger partial charge in [0.15, 0.2) is 0 Å². The molecule has 0 saturated heterocycles. The maximum atomic E-state index is 13.9. The van der Waals surface area contributed by atoms with Gasteiger partial charge in [-0.05, 0) is 76.5 Å². The highest BCUT2D eigenvalue weighted by atomic mass is 16.6. The van der Waals surface area contributed by atoms with Crippen molar-refractivity contribution in [1.29, 1.82) is 0 Å². The van der Waals surface area contributed by atoms with Gasteiger partial charge in [0.25, 0.3) is 0 Å². The zero-order chi connectivity index (χ0) is 25.6. The Morgan fingerprint density at radius 3 is 2.26 bits per heavy atom. The molecule has 2 atom stereocenters. The summed E-state index contributed by atoms with van der Waals surface area (Å²) >= 11 is 0. The van der Waals surface area contributed by atoms with Crippen LogP contribution in [0.4, 0.5) is 4.79 Å². The van der Waals surface area contributed by atoms with E-state index in [-0.39, 0.29) is 23.8 Å². The van der Waals surface area contributed by atoms with E-state index in [0.29, 0.717) is 6.54 Å². The maximum Gasteiger partial charge on any atom is 0.408 e. The molecule has 1 aromatic carbocycles. The van der Waals surface area contributed by atoms with E-state index < -0.39 is 23.8 Å². The molecule has 0 aliphatic heterocycles. The summed E-state index contributed by atoms with van der Waals surface area (Å²) in [7, 11) is 0. The number of benzene rings is 1. The van der Waals surface area contributed by atoms with Gasteiger partial charge in [-0.2, -0.15) is 0 Å². The monoisotopic (exact) mass is 473 g/mol. The molecule has 3 amide bonds. The second-order valence-corrected chi connectivity index (χ2v) is 10.7. The Morgan fingerprint density at radius 1 is 1.12 bits per heavy atom. The van der Waals surface area contributed by atoms with Crippen LogP contribution < -0.4 is 10.6 Å². The number of nitrogens with one attached hydrogen (secondary N) is 2. The second kappa shape index (κ2) is 11.7. The Kier molecular flexibility index (Phi) is 9.54. The summed E-state index contributed by atoms with van der Waals surface area (Å²) in [5, 5.41) is 5.80. The highest BCUT2D eigenvalue weighted by molar-refractivity contribution is 5.92. The fourth-order valence-corrected chi connectivity index (χ4v) is 3.84. The second-order valence-electron chi connectivity index (χ2n) is 10.7. The number of unbranched alkanes of at least 4 members (excludes halogenated alkanes) is 1. The highest BCUT2D eigenvalue weighted by Crippen LogP contribution is 2.36. The number of hydrogen-bond donors (Lipinski definition) is 2. The lowest BCUT2D eigenvalue weighted by molar-refractivity contribution is -0.144. The van der Waals surface area contributed by atoms with Crippen LogP contribution in [-0.2, 0) is 14.3 Å². The van der Waals surface area contributed by atoms with Crippen LogP contribution in [0, 0.1) is 19.8 Å². The molecule has 1 fully saturated rings. The summed E-state index contributed by atoms with van der Waals surface area (Å²) in [6.45, 7) is 15.8. The quantitative estimate of drug-likeness (QED) is 0.478. The third kappa shape index (κ3) is 7.74. The van der Waals surface area contributed by atoms with E-state index in [9.17, 15) is 14.4 Å². The standard InChI is InChI=1S/C27H43N3O4/c1-9-10-15-28-24(31)23(20-12-11-18(4)19(5)16-20)30(21-13-14-21)25(32)22(17(2)3)29-26(33)34-27(6,7)8/h11-12,16-17,21-23H,9-10,13-15H2,1-8H3,(H,28,31)(H,29,33). The number of ether oxygens (including phenoxy) is 1. The van der Waals surface area contributed by atoms with Crippen LogP contribution in [0.2, 0.25) is 0 Å². The molecule has 1 aliphatic rings. The van der Waals surface area contributed by atoms with Gasteiger partial charge in [0.1, 0.15) is 17.7 Å². The van der Waals surface area contributed by atoms with Gasteiger partial charge >= 0.3 is 6.09 Å². The van der Waals surface area contributed by atoms with Crippen LogP contribution in [0.3, 0.4) is 0 Å². The Bertz CT molecular complexity index is 871. The first kappa shape index (κ1) is 27.7. The van der Waals surface area contributed by atoms with Crippen molar-refractivity contribution in [3.05, 3.63) is 34.9 Å². The van der Waals surface area contributed by atoms with Gasteiger partial charge in [-0.3, -0.25) is 9.59 Å². The zero-order valence-corrected chi connectivity index (χ0v) is 22.2. The first-order valence-electron chi connectivity index (χ1n) is 12.5.